The molecule has 0 amide bonds. The van der Waals surface area contributed by atoms with Gasteiger partial charge in [-0.1, -0.05) is 0 Å². The molecule has 0 atom stereocenters. The molecule has 1 N–H and O–H groups in total. The van der Waals surface area contributed by atoms with Crippen molar-refractivity contribution in [2.24, 2.45) is 0 Å². The van der Waals surface area contributed by atoms with Crippen molar-refractivity contribution >= 4 is 32.9 Å². The second kappa shape index (κ2) is 12.1. The molecular weight excluding hydrogens is 277 g/mol. The molecule has 0 aromatic heterocycles. The molecule has 0 rings (SSSR count). The number of thioether (sulfide) groups is 1. The standard InChI is InChI=1S/C4H10NO.C4H9S.Sn/c1-3-5-4-6-2;1-3-5-4-2;/h5H,2-4H2,1H3;1,3-4H2,2H3;/q;;+2. The average Bonchev–Trinajstić information content (AvgIpc) is 2.10. The summed E-state index contributed by atoms with van der Waals surface area (Å²) < 4.78 is 7.93. The van der Waals surface area contributed by atoms with Crippen LogP contribution >= 0.6 is 11.8 Å². The second-order valence-electron chi connectivity index (χ2n) is 2.29. The molecule has 0 aliphatic heterocycles. The van der Waals surface area contributed by atoms with Crippen molar-refractivity contribution < 1.29 is 4.74 Å². The maximum atomic E-state index is 5.41. The Hall–Kier alpha value is 1.07. The predicted molar refractivity (Wildman–Crippen MR) is 58.1 cm³/mol. The Morgan fingerprint density at radius 2 is 2.25 bits per heavy atom. The Labute approximate surface area is 90.4 Å². The van der Waals surface area contributed by atoms with Gasteiger partial charge in [0.2, 0.25) is 0 Å². The van der Waals surface area contributed by atoms with Crippen LogP contribution in [0.25, 0.3) is 0 Å². The predicted octanol–water partition coefficient (Wildman–Crippen LogP) is 1.40. The summed E-state index contributed by atoms with van der Waals surface area (Å²) in [6.07, 6.45) is 0. The first kappa shape index (κ1) is 13.1. The van der Waals surface area contributed by atoms with E-state index >= 15 is 0 Å². The Kier molecular flexibility index (Phi) is 13.1. The van der Waals surface area contributed by atoms with Gasteiger partial charge in [0.25, 0.3) is 0 Å². The number of rotatable bonds is 9. The van der Waals surface area contributed by atoms with Gasteiger partial charge in [0.05, 0.1) is 0 Å². The van der Waals surface area contributed by atoms with E-state index in [0.29, 0.717) is 0 Å². The molecule has 0 aliphatic carbocycles. The zero-order valence-electron chi connectivity index (χ0n) is 8.06. The van der Waals surface area contributed by atoms with Crippen LogP contribution in [0, 0.1) is 0 Å². The van der Waals surface area contributed by atoms with Crippen LogP contribution in [0.2, 0.25) is 4.44 Å². The SMILES string of the molecule is CCNCO[CH2][Sn+2][CH2]CSCC. The molecule has 0 aliphatic rings. The van der Waals surface area contributed by atoms with Gasteiger partial charge in [-0.3, -0.25) is 0 Å². The third-order valence-corrected chi connectivity index (χ3v) is 6.11. The Balaban J connectivity index is 2.73. The molecular formula is C8H19NOSSn+2. The summed E-state index contributed by atoms with van der Waals surface area (Å²) in [6, 6.07) is 0. The van der Waals surface area contributed by atoms with Gasteiger partial charge in [0.15, 0.2) is 0 Å². The number of hydrogen-bond donors (Lipinski definition) is 1. The minimum atomic E-state index is -0.169. The fourth-order valence-electron chi connectivity index (χ4n) is 0.658. The number of ether oxygens (including phenoxy) is 1. The molecule has 70 valence electrons. The van der Waals surface area contributed by atoms with E-state index in [2.05, 4.69) is 19.2 Å². The fourth-order valence-corrected chi connectivity index (χ4v) is 4.82. The van der Waals surface area contributed by atoms with Gasteiger partial charge in [-0.2, -0.15) is 0 Å². The number of hydrogen-bond acceptors (Lipinski definition) is 3. The Bertz CT molecular complexity index is 75.5. The van der Waals surface area contributed by atoms with Gasteiger partial charge in [0.1, 0.15) is 0 Å². The first-order chi connectivity index (χ1) is 5.91. The minimum absolute atomic E-state index is 0.169. The van der Waals surface area contributed by atoms with Crippen LogP contribution in [0.15, 0.2) is 0 Å². The van der Waals surface area contributed by atoms with Gasteiger partial charge in [-0.05, 0) is 0 Å². The van der Waals surface area contributed by atoms with Crippen LogP contribution in [0.3, 0.4) is 0 Å². The summed E-state index contributed by atoms with van der Waals surface area (Å²) in [5.41, 5.74) is 0. The van der Waals surface area contributed by atoms with Crippen LogP contribution in [0.1, 0.15) is 13.8 Å². The first-order valence-corrected chi connectivity index (χ1v) is 9.67. The van der Waals surface area contributed by atoms with E-state index in [0.717, 1.165) is 17.9 Å². The molecule has 0 bridgehead atoms. The van der Waals surface area contributed by atoms with E-state index in [-0.39, 0.29) is 21.1 Å². The number of nitrogens with one attached hydrogen (secondary N) is 1. The Morgan fingerprint density at radius 3 is 2.92 bits per heavy atom. The van der Waals surface area contributed by atoms with E-state index < -0.39 is 0 Å². The summed E-state index contributed by atoms with van der Waals surface area (Å²) in [5, 5.41) is 3.15. The van der Waals surface area contributed by atoms with E-state index in [9.17, 15) is 0 Å². The fraction of sp³-hybridized carbons (Fsp3) is 1.00. The van der Waals surface area contributed by atoms with Crippen LogP contribution in [-0.2, 0) is 4.74 Å². The van der Waals surface area contributed by atoms with Gasteiger partial charge in [-0.15, -0.1) is 0 Å². The van der Waals surface area contributed by atoms with Gasteiger partial charge < -0.3 is 0 Å². The monoisotopic (exact) mass is 297 g/mol. The van der Waals surface area contributed by atoms with Gasteiger partial charge in [0, 0.05) is 0 Å². The molecule has 0 heterocycles. The van der Waals surface area contributed by atoms with Crippen LogP contribution in [0.5, 0.6) is 0 Å². The van der Waals surface area contributed by atoms with Crippen LogP contribution in [-0.4, -0.2) is 50.5 Å². The van der Waals surface area contributed by atoms with Crippen LogP contribution < -0.4 is 5.32 Å². The van der Waals surface area contributed by atoms with Crippen molar-refractivity contribution in [3.8, 4) is 0 Å². The van der Waals surface area contributed by atoms with Crippen molar-refractivity contribution in [3.63, 3.8) is 0 Å². The summed E-state index contributed by atoms with van der Waals surface area (Å²) >= 11 is 1.88. The molecule has 0 spiro atoms. The molecule has 0 aromatic carbocycles. The molecule has 12 heavy (non-hydrogen) atoms. The summed E-state index contributed by atoms with van der Waals surface area (Å²) in [5.74, 6) is 2.62. The average molecular weight is 296 g/mol. The summed E-state index contributed by atoms with van der Waals surface area (Å²) in [7, 11) is 0. The molecule has 0 saturated carbocycles. The quantitative estimate of drug-likeness (QED) is 0.395. The third-order valence-electron chi connectivity index (χ3n) is 1.29. The van der Waals surface area contributed by atoms with E-state index in [1.165, 1.54) is 15.9 Å². The molecule has 0 fully saturated rings. The van der Waals surface area contributed by atoms with Gasteiger partial charge >= 0.3 is 90.6 Å². The van der Waals surface area contributed by atoms with Gasteiger partial charge in [-0.25, -0.2) is 0 Å². The van der Waals surface area contributed by atoms with E-state index in [4.69, 9.17) is 4.74 Å². The first-order valence-electron chi connectivity index (χ1n) is 4.48. The third kappa shape index (κ3) is 11.1. The van der Waals surface area contributed by atoms with Crippen LogP contribution in [0.4, 0.5) is 0 Å². The van der Waals surface area contributed by atoms with E-state index in [1.807, 2.05) is 11.8 Å². The van der Waals surface area contributed by atoms with Crippen molar-refractivity contribution in [2.75, 3.05) is 29.4 Å². The zero-order valence-corrected chi connectivity index (χ0v) is 11.7. The van der Waals surface area contributed by atoms with Crippen molar-refractivity contribution in [1.29, 1.82) is 0 Å². The molecule has 0 radical (unpaired) electrons. The zero-order chi connectivity index (χ0) is 9.07. The van der Waals surface area contributed by atoms with E-state index in [1.54, 1.807) is 0 Å². The topological polar surface area (TPSA) is 21.3 Å². The maximum absolute atomic E-state index is 5.41. The molecule has 0 saturated heterocycles. The second-order valence-corrected chi connectivity index (χ2v) is 7.37. The summed E-state index contributed by atoms with van der Waals surface area (Å²) in [4.78, 5) is 0. The molecule has 4 heteroatoms. The molecule has 0 unspecified atom stereocenters. The summed E-state index contributed by atoms with van der Waals surface area (Å²) in [6.45, 7) is 6.08. The van der Waals surface area contributed by atoms with Crippen molar-refractivity contribution in [3.05, 3.63) is 0 Å². The van der Waals surface area contributed by atoms with Crippen molar-refractivity contribution in [1.82, 2.24) is 5.32 Å². The van der Waals surface area contributed by atoms with Crippen molar-refractivity contribution in [2.45, 2.75) is 18.3 Å². The molecule has 0 aromatic rings. The normalized spacial score (nSPS) is 9.83. The molecule has 2 nitrogen and oxygen atoms in total. The Morgan fingerprint density at radius 1 is 1.42 bits per heavy atom.